The molecule has 1 aliphatic carbocycles. The van der Waals surface area contributed by atoms with Crippen LogP contribution in [0, 0.1) is 11.8 Å². The normalized spacial score (nSPS) is 24.6. The average molecular weight is 337 g/mol. The number of fused-ring (bicyclic) bond motifs is 1. The van der Waals surface area contributed by atoms with E-state index < -0.39 is 0 Å². The number of furan rings is 1. The van der Waals surface area contributed by atoms with E-state index in [-0.39, 0.29) is 5.91 Å². The minimum Gasteiger partial charge on any atom is -0.493 e. The van der Waals surface area contributed by atoms with E-state index in [2.05, 4.69) is 18.3 Å². The summed E-state index contributed by atoms with van der Waals surface area (Å²) in [6, 6.07) is 12.0. The summed E-state index contributed by atoms with van der Waals surface area (Å²) < 4.78 is 11.5. The molecule has 0 bridgehead atoms. The molecule has 3 atom stereocenters. The summed E-state index contributed by atoms with van der Waals surface area (Å²) in [5.74, 6) is 4.21. The molecule has 0 radical (unpaired) electrons. The molecule has 1 amide bonds. The number of rotatable bonds is 5. The van der Waals surface area contributed by atoms with Crippen LogP contribution in [-0.2, 0) is 11.2 Å². The van der Waals surface area contributed by atoms with Crippen molar-refractivity contribution < 1.29 is 13.9 Å². The van der Waals surface area contributed by atoms with Crippen LogP contribution in [-0.4, -0.2) is 19.1 Å². The van der Waals surface area contributed by atoms with E-state index in [0.29, 0.717) is 30.9 Å². The third-order valence-electron chi connectivity index (χ3n) is 5.04. The van der Waals surface area contributed by atoms with Gasteiger partial charge in [-0.25, -0.2) is 0 Å². The van der Waals surface area contributed by atoms with Gasteiger partial charge in [0.25, 0.3) is 0 Å². The van der Waals surface area contributed by atoms with Crippen LogP contribution in [0.25, 0.3) is 6.08 Å². The summed E-state index contributed by atoms with van der Waals surface area (Å²) in [6.07, 6.45) is 5.40. The van der Waals surface area contributed by atoms with Gasteiger partial charge in [0.15, 0.2) is 0 Å². The van der Waals surface area contributed by atoms with Gasteiger partial charge in [0, 0.05) is 24.5 Å². The van der Waals surface area contributed by atoms with E-state index in [1.807, 2.05) is 30.3 Å². The monoisotopic (exact) mass is 337 g/mol. The first-order chi connectivity index (χ1) is 12.2. The number of ether oxygens (including phenoxy) is 1. The fourth-order valence-corrected chi connectivity index (χ4v) is 3.36. The van der Waals surface area contributed by atoms with E-state index in [1.165, 1.54) is 18.1 Å². The number of benzene rings is 1. The van der Waals surface area contributed by atoms with Gasteiger partial charge in [0.2, 0.25) is 5.91 Å². The predicted molar refractivity (Wildman–Crippen MR) is 96.4 cm³/mol. The van der Waals surface area contributed by atoms with Crippen molar-refractivity contribution >= 4 is 12.0 Å². The largest absolute Gasteiger partial charge is 0.493 e. The van der Waals surface area contributed by atoms with Gasteiger partial charge in [-0.15, -0.1) is 0 Å². The van der Waals surface area contributed by atoms with Crippen LogP contribution in [0.3, 0.4) is 0 Å². The maximum absolute atomic E-state index is 12.0. The molecule has 4 heteroatoms. The molecule has 0 saturated heterocycles. The third-order valence-corrected chi connectivity index (χ3v) is 5.04. The Kier molecular flexibility index (Phi) is 4.35. The maximum atomic E-state index is 12.0. The SMILES string of the molecule is C[C@@H]1C[C@@H]1c1ccc(/C=C/C(=O)NC[C@H]2COc3ccccc3C2)o1. The molecule has 1 aromatic carbocycles. The highest BCUT2D eigenvalue weighted by Crippen LogP contribution is 2.47. The predicted octanol–water partition coefficient (Wildman–Crippen LogP) is 3.78. The van der Waals surface area contributed by atoms with Gasteiger partial charge in [0.1, 0.15) is 17.3 Å². The topological polar surface area (TPSA) is 51.5 Å². The molecule has 2 heterocycles. The van der Waals surface area contributed by atoms with Crippen LogP contribution < -0.4 is 10.1 Å². The Morgan fingerprint density at radius 2 is 2.12 bits per heavy atom. The third kappa shape index (κ3) is 3.78. The second-order valence-corrected chi connectivity index (χ2v) is 7.13. The lowest BCUT2D eigenvalue weighted by molar-refractivity contribution is -0.116. The Hall–Kier alpha value is -2.49. The van der Waals surface area contributed by atoms with E-state index in [4.69, 9.17) is 9.15 Å². The van der Waals surface area contributed by atoms with Crippen LogP contribution >= 0.6 is 0 Å². The van der Waals surface area contributed by atoms with Gasteiger partial charge < -0.3 is 14.5 Å². The molecule has 0 spiro atoms. The number of carbonyl (C=O) groups excluding carboxylic acids is 1. The first kappa shape index (κ1) is 16.0. The molecule has 25 heavy (non-hydrogen) atoms. The van der Waals surface area contributed by atoms with Crippen LogP contribution in [0.2, 0.25) is 0 Å². The number of hydrogen-bond acceptors (Lipinski definition) is 3. The fraction of sp³-hybridized carbons (Fsp3) is 0.381. The Bertz CT molecular complexity index is 792. The minimum absolute atomic E-state index is 0.100. The van der Waals surface area contributed by atoms with Crippen LogP contribution in [0.1, 0.15) is 36.3 Å². The van der Waals surface area contributed by atoms with Gasteiger partial charge in [-0.1, -0.05) is 25.1 Å². The van der Waals surface area contributed by atoms with Gasteiger partial charge in [-0.05, 0) is 48.6 Å². The van der Waals surface area contributed by atoms with E-state index in [0.717, 1.165) is 23.7 Å². The van der Waals surface area contributed by atoms with E-state index in [1.54, 1.807) is 6.08 Å². The van der Waals surface area contributed by atoms with E-state index >= 15 is 0 Å². The molecule has 1 fully saturated rings. The summed E-state index contributed by atoms with van der Waals surface area (Å²) in [4.78, 5) is 12.0. The summed E-state index contributed by atoms with van der Waals surface area (Å²) in [5, 5.41) is 2.95. The van der Waals surface area contributed by atoms with Gasteiger partial charge >= 0.3 is 0 Å². The molecule has 2 aliphatic rings. The van der Waals surface area contributed by atoms with Crippen molar-refractivity contribution in [2.75, 3.05) is 13.2 Å². The summed E-state index contributed by atoms with van der Waals surface area (Å²) in [5.41, 5.74) is 1.21. The Morgan fingerprint density at radius 1 is 1.28 bits per heavy atom. The molecular formula is C21H23NO3. The van der Waals surface area contributed by atoms with E-state index in [9.17, 15) is 4.79 Å². The molecular weight excluding hydrogens is 314 g/mol. The van der Waals surface area contributed by atoms with Crippen molar-refractivity contribution in [3.8, 4) is 5.75 Å². The molecule has 2 aromatic rings. The summed E-state index contributed by atoms with van der Waals surface area (Å²) >= 11 is 0. The lowest BCUT2D eigenvalue weighted by Crippen LogP contribution is -2.33. The lowest BCUT2D eigenvalue weighted by atomic mass is 9.97. The Labute approximate surface area is 147 Å². The van der Waals surface area contributed by atoms with Gasteiger partial charge in [0.05, 0.1) is 6.61 Å². The molecule has 1 saturated carbocycles. The van der Waals surface area contributed by atoms with Crippen LogP contribution in [0.5, 0.6) is 5.75 Å². The molecule has 4 rings (SSSR count). The number of para-hydroxylation sites is 1. The second kappa shape index (κ2) is 6.79. The lowest BCUT2D eigenvalue weighted by Gasteiger charge is -2.25. The standard InChI is InChI=1S/C21H23NO3/c1-14-10-18(14)20-8-6-17(25-20)7-9-21(23)22-12-15-11-16-4-2-3-5-19(16)24-13-15/h2-9,14-15,18H,10-13H2,1H3,(H,22,23)/b9-7+/t14-,15+,18+/m1/s1. The number of hydrogen-bond donors (Lipinski definition) is 1. The van der Waals surface area contributed by atoms with Gasteiger partial charge in [-0.2, -0.15) is 0 Å². The number of carbonyl (C=O) groups is 1. The van der Waals surface area contributed by atoms with Crippen molar-refractivity contribution in [2.45, 2.75) is 25.7 Å². The second-order valence-electron chi connectivity index (χ2n) is 7.13. The van der Waals surface area contributed by atoms with Crippen molar-refractivity contribution in [1.29, 1.82) is 0 Å². The molecule has 4 nitrogen and oxygen atoms in total. The molecule has 130 valence electrons. The summed E-state index contributed by atoms with van der Waals surface area (Å²) in [6.45, 7) is 3.48. The first-order valence-electron chi connectivity index (χ1n) is 8.95. The Balaban J connectivity index is 1.26. The zero-order valence-electron chi connectivity index (χ0n) is 14.4. The maximum Gasteiger partial charge on any atom is 0.244 e. The Morgan fingerprint density at radius 3 is 2.96 bits per heavy atom. The highest BCUT2D eigenvalue weighted by molar-refractivity contribution is 5.91. The first-order valence-corrected chi connectivity index (χ1v) is 8.95. The molecule has 0 unspecified atom stereocenters. The molecule has 1 N–H and O–H groups in total. The quantitative estimate of drug-likeness (QED) is 0.845. The van der Waals surface area contributed by atoms with Crippen molar-refractivity contribution in [3.63, 3.8) is 0 Å². The van der Waals surface area contributed by atoms with Crippen molar-refractivity contribution in [1.82, 2.24) is 5.32 Å². The average Bonchev–Trinajstić information content (AvgIpc) is 3.18. The highest BCUT2D eigenvalue weighted by atomic mass is 16.5. The smallest absolute Gasteiger partial charge is 0.244 e. The number of amides is 1. The van der Waals surface area contributed by atoms with Crippen LogP contribution in [0.4, 0.5) is 0 Å². The highest BCUT2D eigenvalue weighted by Gasteiger charge is 2.36. The van der Waals surface area contributed by atoms with Gasteiger partial charge in [-0.3, -0.25) is 4.79 Å². The van der Waals surface area contributed by atoms with Crippen LogP contribution in [0.15, 0.2) is 46.9 Å². The van der Waals surface area contributed by atoms with Crippen molar-refractivity contribution in [2.24, 2.45) is 11.8 Å². The zero-order valence-corrected chi connectivity index (χ0v) is 14.4. The van der Waals surface area contributed by atoms with Crippen molar-refractivity contribution in [3.05, 3.63) is 59.6 Å². The zero-order chi connectivity index (χ0) is 17.2. The molecule has 1 aromatic heterocycles. The number of nitrogens with one attached hydrogen (secondary N) is 1. The molecule has 1 aliphatic heterocycles. The fourth-order valence-electron chi connectivity index (χ4n) is 3.36. The summed E-state index contributed by atoms with van der Waals surface area (Å²) in [7, 11) is 0. The minimum atomic E-state index is -0.100.